The van der Waals surface area contributed by atoms with E-state index in [0.29, 0.717) is 17.0 Å². The molecule has 4 aromatic carbocycles. The first kappa shape index (κ1) is 36.6. The predicted octanol–water partition coefficient (Wildman–Crippen LogP) is 8.36. The number of rotatable bonds is 13. The first-order valence-electron chi connectivity index (χ1n) is 14.9. The molecule has 0 aliphatic carbocycles. The number of aryl methyl sites for hydroxylation is 1. The van der Waals surface area contributed by atoms with Crippen LogP contribution in [0.4, 0.5) is 5.69 Å². The lowest BCUT2D eigenvalue weighted by Gasteiger charge is -2.34. The summed E-state index contributed by atoms with van der Waals surface area (Å²) in [6, 6.07) is 23.7. The van der Waals surface area contributed by atoms with Gasteiger partial charge in [0.1, 0.15) is 12.6 Å². The maximum absolute atomic E-state index is 14.6. The van der Waals surface area contributed by atoms with E-state index in [-0.39, 0.29) is 50.6 Å². The molecule has 0 fully saturated rings. The molecule has 0 spiro atoms. The number of halogens is 4. The number of sulfonamides is 1. The van der Waals surface area contributed by atoms with Crippen LogP contribution < -0.4 is 9.62 Å². The van der Waals surface area contributed by atoms with Gasteiger partial charge < -0.3 is 10.2 Å². The molecule has 0 saturated carbocycles. The second kappa shape index (κ2) is 16.2. The van der Waals surface area contributed by atoms with Gasteiger partial charge in [0.2, 0.25) is 11.8 Å². The summed E-state index contributed by atoms with van der Waals surface area (Å²) < 4.78 is 29.4. The molecule has 0 aliphatic heterocycles. The fourth-order valence-electron chi connectivity index (χ4n) is 4.86. The van der Waals surface area contributed by atoms with Gasteiger partial charge in [0.05, 0.1) is 25.7 Å². The molecule has 2 atom stereocenters. The molecule has 0 aromatic heterocycles. The zero-order chi connectivity index (χ0) is 34.3. The highest BCUT2D eigenvalue weighted by Gasteiger charge is 2.35. The van der Waals surface area contributed by atoms with Gasteiger partial charge in [-0.05, 0) is 73.9 Å². The molecule has 4 aromatic rings. The van der Waals surface area contributed by atoms with E-state index in [1.54, 1.807) is 30.3 Å². The molecule has 7 nitrogen and oxygen atoms in total. The van der Waals surface area contributed by atoms with Gasteiger partial charge >= 0.3 is 0 Å². The lowest BCUT2D eigenvalue weighted by atomic mass is 10.0. The third-order valence-corrected chi connectivity index (χ3v) is 10.7. The fraction of sp³-hybridized carbons (Fsp3) is 0.257. The number of nitrogens with one attached hydrogen (secondary N) is 1. The Bertz CT molecular complexity index is 1820. The van der Waals surface area contributed by atoms with E-state index >= 15 is 0 Å². The highest BCUT2D eigenvalue weighted by molar-refractivity contribution is 7.92. The zero-order valence-corrected chi connectivity index (χ0v) is 29.9. The van der Waals surface area contributed by atoms with Crippen molar-refractivity contribution < 1.29 is 18.0 Å². The first-order valence-corrected chi connectivity index (χ1v) is 17.9. The molecule has 47 heavy (non-hydrogen) atoms. The monoisotopic (exact) mass is 733 g/mol. The van der Waals surface area contributed by atoms with Crippen LogP contribution in [0.15, 0.2) is 95.9 Å². The van der Waals surface area contributed by atoms with E-state index in [1.807, 2.05) is 51.1 Å². The minimum absolute atomic E-state index is 0.0197. The van der Waals surface area contributed by atoms with E-state index in [1.165, 1.54) is 35.2 Å². The minimum Gasteiger partial charge on any atom is -0.352 e. The molecule has 0 aliphatic rings. The van der Waals surface area contributed by atoms with Crippen LogP contribution in [0.2, 0.25) is 20.1 Å². The van der Waals surface area contributed by atoms with Gasteiger partial charge in [0.15, 0.2) is 0 Å². The van der Waals surface area contributed by atoms with Gasteiger partial charge in [-0.2, -0.15) is 0 Å². The number of carbonyl (C=O) groups excluding carboxylic acids is 2. The van der Waals surface area contributed by atoms with Crippen molar-refractivity contribution in [1.82, 2.24) is 10.2 Å². The van der Waals surface area contributed by atoms with Crippen molar-refractivity contribution in [3.8, 4) is 0 Å². The molecule has 12 heteroatoms. The van der Waals surface area contributed by atoms with E-state index in [4.69, 9.17) is 46.4 Å². The van der Waals surface area contributed by atoms with Crippen molar-refractivity contribution in [2.24, 2.45) is 0 Å². The maximum Gasteiger partial charge on any atom is 0.264 e. The van der Waals surface area contributed by atoms with Gasteiger partial charge in [-0.1, -0.05) is 107 Å². The SMILES string of the molecule is CC[C@H](C)NC(=O)[C@@H](Cc1ccccc1)N(Cc1ccc(Cl)c(Cl)c1)C(=O)CN(c1cc(Cl)ccc1Cl)S(=O)(=O)c1ccc(C)cc1. The molecule has 2 amide bonds. The van der Waals surface area contributed by atoms with Gasteiger partial charge in [-0.25, -0.2) is 8.42 Å². The second-order valence-electron chi connectivity index (χ2n) is 11.2. The zero-order valence-electron chi connectivity index (χ0n) is 26.1. The Labute approximate surface area is 296 Å². The largest absolute Gasteiger partial charge is 0.352 e. The van der Waals surface area contributed by atoms with Crippen LogP contribution in [-0.2, 0) is 32.6 Å². The van der Waals surface area contributed by atoms with Crippen LogP contribution >= 0.6 is 46.4 Å². The molecule has 0 saturated heterocycles. The summed E-state index contributed by atoms with van der Waals surface area (Å²) in [5.74, 6) is -1.03. The Hall–Kier alpha value is -3.27. The van der Waals surface area contributed by atoms with Crippen molar-refractivity contribution in [2.75, 3.05) is 10.8 Å². The van der Waals surface area contributed by atoms with Crippen LogP contribution in [0, 0.1) is 6.92 Å². The fourth-order valence-corrected chi connectivity index (χ4v) is 7.04. The summed E-state index contributed by atoms with van der Waals surface area (Å²) in [5, 5.41) is 3.90. The molecule has 0 radical (unpaired) electrons. The number of hydrogen-bond acceptors (Lipinski definition) is 4. The average Bonchev–Trinajstić information content (AvgIpc) is 3.04. The van der Waals surface area contributed by atoms with Gasteiger partial charge in [0.25, 0.3) is 10.0 Å². The third-order valence-electron chi connectivity index (χ3n) is 7.67. The summed E-state index contributed by atoms with van der Waals surface area (Å²) in [6.07, 6.45) is 0.833. The smallest absolute Gasteiger partial charge is 0.264 e. The van der Waals surface area contributed by atoms with E-state index < -0.39 is 28.5 Å². The molecular weight excluding hydrogens is 700 g/mol. The van der Waals surface area contributed by atoms with Crippen LogP contribution in [0.5, 0.6) is 0 Å². The number of nitrogens with zero attached hydrogens (tertiary/aromatic N) is 2. The second-order valence-corrected chi connectivity index (χ2v) is 14.7. The molecule has 0 unspecified atom stereocenters. The predicted molar refractivity (Wildman–Crippen MR) is 191 cm³/mol. The normalized spacial score (nSPS) is 12.7. The van der Waals surface area contributed by atoms with Crippen LogP contribution in [0.3, 0.4) is 0 Å². The number of amides is 2. The van der Waals surface area contributed by atoms with Crippen LogP contribution in [-0.4, -0.2) is 43.8 Å². The quantitative estimate of drug-likeness (QED) is 0.150. The van der Waals surface area contributed by atoms with Crippen molar-refractivity contribution in [3.05, 3.63) is 128 Å². The molecule has 4 rings (SSSR count). The highest BCUT2D eigenvalue weighted by atomic mass is 35.5. The van der Waals surface area contributed by atoms with E-state index in [9.17, 15) is 18.0 Å². The molecular formula is C35H35Cl4N3O4S. The number of hydrogen-bond donors (Lipinski definition) is 1. The van der Waals surface area contributed by atoms with E-state index in [0.717, 1.165) is 15.4 Å². The van der Waals surface area contributed by atoms with Crippen molar-refractivity contribution in [3.63, 3.8) is 0 Å². The Morgan fingerprint density at radius 1 is 0.809 bits per heavy atom. The van der Waals surface area contributed by atoms with Crippen molar-refractivity contribution in [1.29, 1.82) is 0 Å². The maximum atomic E-state index is 14.6. The van der Waals surface area contributed by atoms with Crippen LogP contribution in [0.1, 0.15) is 37.0 Å². The number of benzene rings is 4. The summed E-state index contributed by atoms with van der Waals surface area (Å²) in [7, 11) is -4.35. The summed E-state index contributed by atoms with van der Waals surface area (Å²) in [6.45, 7) is 4.91. The Kier molecular flexibility index (Phi) is 12.6. The third kappa shape index (κ3) is 9.42. The van der Waals surface area contributed by atoms with Gasteiger partial charge in [-0.15, -0.1) is 0 Å². The van der Waals surface area contributed by atoms with Crippen molar-refractivity contribution >= 4 is 73.9 Å². The molecule has 1 N–H and O–H groups in total. The van der Waals surface area contributed by atoms with Crippen molar-refractivity contribution in [2.45, 2.75) is 57.1 Å². The topological polar surface area (TPSA) is 86.8 Å². The number of anilines is 1. The number of carbonyl (C=O) groups is 2. The Morgan fingerprint density at radius 3 is 2.11 bits per heavy atom. The molecule has 0 bridgehead atoms. The first-order chi connectivity index (χ1) is 22.3. The summed E-state index contributed by atoms with van der Waals surface area (Å²) >= 11 is 25.4. The van der Waals surface area contributed by atoms with Crippen LogP contribution in [0.25, 0.3) is 0 Å². The van der Waals surface area contributed by atoms with E-state index in [2.05, 4.69) is 5.32 Å². The lowest BCUT2D eigenvalue weighted by Crippen LogP contribution is -2.54. The van der Waals surface area contributed by atoms with Gasteiger partial charge in [0, 0.05) is 24.0 Å². The average molecular weight is 736 g/mol. The summed E-state index contributed by atoms with van der Waals surface area (Å²) in [4.78, 5) is 29.9. The Morgan fingerprint density at radius 2 is 1.47 bits per heavy atom. The molecule has 248 valence electrons. The lowest BCUT2D eigenvalue weighted by molar-refractivity contribution is -0.140. The standard InChI is InChI=1S/C35H35Cl4N3O4S/c1-4-24(3)40-35(44)33(19-25-8-6-5-7-9-25)41(21-26-12-16-29(37)31(39)18-26)34(43)22-42(32-20-27(36)13-17-30(32)38)47(45,46)28-14-10-23(2)11-15-28/h5-18,20,24,33H,4,19,21-22H2,1-3H3,(H,40,44)/t24-,33+/m0/s1. The highest BCUT2D eigenvalue weighted by Crippen LogP contribution is 2.34. The molecule has 0 heterocycles. The Balaban J connectivity index is 1.85. The van der Waals surface area contributed by atoms with Gasteiger partial charge in [-0.3, -0.25) is 13.9 Å². The minimum atomic E-state index is -4.35. The summed E-state index contributed by atoms with van der Waals surface area (Å²) in [5.41, 5.74) is 2.28.